The molecule has 0 aliphatic heterocycles. The van der Waals surface area contributed by atoms with Gasteiger partial charge in [0.15, 0.2) is 6.10 Å². The quantitative estimate of drug-likeness (QED) is 0.850. The molecule has 1 aromatic carbocycles. The van der Waals surface area contributed by atoms with Crippen LogP contribution in [0.25, 0.3) is 0 Å². The number of nitrogens with one attached hydrogen (secondary N) is 1. The lowest BCUT2D eigenvalue weighted by atomic mass is 10.3. The zero-order valence-electron chi connectivity index (χ0n) is 12.1. The predicted molar refractivity (Wildman–Crippen MR) is 78.5 cm³/mol. The number of carbonyl (C=O) groups is 1. The Morgan fingerprint density at radius 3 is 2.35 bits per heavy atom. The predicted octanol–water partition coefficient (Wildman–Crippen LogP) is 0.986. The molecule has 20 heavy (non-hydrogen) atoms. The third kappa shape index (κ3) is 4.41. The molecule has 1 aromatic rings. The molecule has 0 saturated carbocycles. The maximum absolute atomic E-state index is 11.5. The molecule has 0 fully saturated rings. The molecule has 0 aromatic heterocycles. The minimum Gasteiger partial charge on any atom is -0.481 e. The van der Waals surface area contributed by atoms with Crippen LogP contribution in [0.4, 0.5) is 5.69 Å². The number of nitrogens with zero attached hydrogens (tertiary/aromatic N) is 1. The van der Waals surface area contributed by atoms with Crippen molar-refractivity contribution in [1.82, 2.24) is 5.32 Å². The van der Waals surface area contributed by atoms with Crippen molar-refractivity contribution in [2.75, 3.05) is 24.2 Å². The van der Waals surface area contributed by atoms with Gasteiger partial charge in [0.05, 0.1) is 11.9 Å². The van der Waals surface area contributed by atoms with E-state index in [2.05, 4.69) is 5.32 Å². The molecule has 0 heterocycles. The first-order chi connectivity index (χ1) is 9.25. The Bertz CT molecular complexity index is 554. The Kier molecular flexibility index (Phi) is 5.38. The number of amides is 1. The van der Waals surface area contributed by atoms with E-state index in [1.165, 1.54) is 11.4 Å². The lowest BCUT2D eigenvalue weighted by Crippen LogP contribution is -2.36. The lowest BCUT2D eigenvalue weighted by Gasteiger charge is -2.18. The van der Waals surface area contributed by atoms with Gasteiger partial charge in [-0.25, -0.2) is 8.42 Å². The van der Waals surface area contributed by atoms with Crippen LogP contribution < -0.4 is 14.4 Å². The molecule has 0 aliphatic rings. The van der Waals surface area contributed by atoms with Gasteiger partial charge in [0.25, 0.3) is 5.91 Å². The van der Waals surface area contributed by atoms with Crippen molar-refractivity contribution in [3.8, 4) is 5.75 Å². The average Bonchev–Trinajstić information content (AvgIpc) is 2.38. The summed E-state index contributed by atoms with van der Waals surface area (Å²) in [6, 6.07) is 6.52. The summed E-state index contributed by atoms with van der Waals surface area (Å²) >= 11 is 0. The van der Waals surface area contributed by atoms with Crippen LogP contribution in [0.5, 0.6) is 5.75 Å². The van der Waals surface area contributed by atoms with Gasteiger partial charge in [0.2, 0.25) is 10.0 Å². The van der Waals surface area contributed by atoms with Gasteiger partial charge >= 0.3 is 0 Å². The molecule has 7 heteroatoms. The van der Waals surface area contributed by atoms with Crippen molar-refractivity contribution in [3.63, 3.8) is 0 Å². The van der Waals surface area contributed by atoms with Crippen molar-refractivity contribution in [1.29, 1.82) is 0 Å². The number of anilines is 1. The van der Waals surface area contributed by atoms with Gasteiger partial charge in [-0.1, -0.05) is 0 Å². The maximum Gasteiger partial charge on any atom is 0.260 e. The molecule has 0 unspecified atom stereocenters. The minimum atomic E-state index is -3.28. The second-order valence-corrected chi connectivity index (χ2v) is 6.39. The molecule has 112 valence electrons. The fourth-order valence-electron chi connectivity index (χ4n) is 1.50. The van der Waals surface area contributed by atoms with E-state index in [-0.39, 0.29) is 5.91 Å². The van der Waals surface area contributed by atoms with Crippen molar-refractivity contribution in [2.24, 2.45) is 0 Å². The van der Waals surface area contributed by atoms with Crippen molar-refractivity contribution in [2.45, 2.75) is 20.0 Å². The Hall–Kier alpha value is -1.76. The highest BCUT2D eigenvalue weighted by molar-refractivity contribution is 7.92. The summed E-state index contributed by atoms with van der Waals surface area (Å²) in [4.78, 5) is 11.5. The standard InChI is InChI=1S/C13H20N2O4S/c1-5-14-13(16)10(2)19-12-8-6-11(7-9-12)15(3)20(4,17)18/h6-10H,5H2,1-4H3,(H,14,16)/t10-/m0/s1. The topological polar surface area (TPSA) is 75.7 Å². The van der Waals surface area contributed by atoms with Crippen LogP contribution in [-0.4, -0.2) is 40.3 Å². The van der Waals surface area contributed by atoms with E-state index in [1.807, 2.05) is 6.92 Å². The van der Waals surface area contributed by atoms with E-state index < -0.39 is 16.1 Å². The van der Waals surface area contributed by atoms with Gasteiger partial charge in [-0.05, 0) is 38.1 Å². The molecule has 6 nitrogen and oxygen atoms in total. The van der Waals surface area contributed by atoms with E-state index in [1.54, 1.807) is 31.2 Å². The molecular weight excluding hydrogens is 280 g/mol. The van der Waals surface area contributed by atoms with Crippen LogP contribution in [-0.2, 0) is 14.8 Å². The maximum atomic E-state index is 11.5. The number of likely N-dealkylation sites (N-methyl/N-ethyl adjacent to an activating group) is 1. The van der Waals surface area contributed by atoms with Gasteiger partial charge in [-0.15, -0.1) is 0 Å². The van der Waals surface area contributed by atoms with E-state index >= 15 is 0 Å². The molecule has 1 N–H and O–H groups in total. The molecule has 0 radical (unpaired) electrons. The number of carbonyl (C=O) groups excluding carboxylic acids is 1. The number of hydrogen-bond acceptors (Lipinski definition) is 4. The lowest BCUT2D eigenvalue weighted by molar-refractivity contribution is -0.127. The molecule has 1 rings (SSSR count). The molecule has 1 atom stereocenters. The van der Waals surface area contributed by atoms with Crippen molar-refractivity contribution in [3.05, 3.63) is 24.3 Å². The zero-order chi connectivity index (χ0) is 15.3. The first-order valence-corrected chi connectivity index (χ1v) is 8.09. The number of sulfonamides is 1. The van der Waals surface area contributed by atoms with Crippen LogP contribution in [0, 0.1) is 0 Å². The number of ether oxygens (including phenoxy) is 1. The van der Waals surface area contributed by atoms with E-state index in [9.17, 15) is 13.2 Å². The molecule has 0 spiro atoms. The molecule has 0 aliphatic carbocycles. The van der Waals surface area contributed by atoms with Crippen molar-refractivity contribution < 1.29 is 17.9 Å². The first kappa shape index (κ1) is 16.3. The second-order valence-electron chi connectivity index (χ2n) is 4.38. The Morgan fingerprint density at radius 2 is 1.90 bits per heavy atom. The second kappa shape index (κ2) is 6.60. The van der Waals surface area contributed by atoms with Crippen LogP contribution in [0.2, 0.25) is 0 Å². The Balaban J connectivity index is 2.75. The summed E-state index contributed by atoms with van der Waals surface area (Å²) < 4.78 is 29.4. The van der Waals surface area contributed by atoms with Gasteiger partial charge in [-0.2, -0.15) is 0 Å². The SMILES string of the molecule is CCNC(=O)[C@H](C)Oc1ccc(N(C)S(C)(=O)=O)cc1. The van der Waals surface area contributed by atoms with E-state index in [4.69, 9.17) is 4.74 Å². The summed E-state index contributed by atoms with van der Waals surface area (Å²) in [5, 5.41) is 2.66. The van der Waals surface area contributed by atoms with Crippen LogP contribution in [0.15, 0.2) is 24.3 Å². The molecule has 0 bridgehead atoms. The first-order valence-electron chi connectivity index (χ1n) is 6.24. The Morgan fingerprint density at radius 1 is 1.35 bits per heavy atom. The number of rotatable bonds is 6. The smallest absolute Gasteiger partial charge is 0.260 e. The highest BCUT2D eigenvalue weighted by Gasteiger charge is 2.15. The third-order valence-corrected chi connectivity index (χ3v) is 3.94. The van der Waals surface area contributed by atoms with Crippen LogP contribution >= 0.6 is 0 Å². The normalized spacial score (nSPS) is 12.6. The highest BCUT2D eigenvalue weighted by atomic mass is 32.2. The minimum absolute atomic E-state index is 0.190. The molecule has 1 amide bonds. The summed E-state index contributed by atoms with van der Waals surface area (Å²) in [6.45, 7) is 4.03. The average molecular weight is 300 g/mol. The largest absolute Gasteiger partial charge is 0.481 e. The van der Waals surface area contributed by atoms with Gasteiger partial charge in [-0.3, -0.25) is 9.10 Å². The number of benzene rings is 1. The molecular formula is C13H20N2O4S. The summed E-state index contributed by atoms with van der Waals surface area (Å²) in [6.07, 6.45) is 0.530. The fourth-order valence-corrected chi connectivity index (χ4v) is 2.01. The van der Waals surface area contributed by atoms with Gasteiger partial charge < -0.3 is 10.1 Å². The number of hydrogen-bond donors (Lipinski definition) is 1. The van der Waals surface area contributed by atoms with E-state index in [0.717, 1.165) is 6.26 Å². The van der Waals surface area contributed by atoms with Crippen molar-refractivity contribution >= 4 is 21.6 Å². The fraction of sp³-hybridized carbons (Fsp3) is 0.462. The van der Waals surface area contributed by atoms with Crippen LogP contribution in [0.3, 0.4) is 0 Å². The van der Waals surface area contributed by atoms with Gasteiger partial charge in [0.1, 0.15) is 5.75 Å². The van der Waals surface area contributed by atoms with Gasteiger partial charge in [0, 0.05) is 13.6 Å². The summed E-state index contributed by atoms with van der Waals surface area (Å²) in [5.74, 6) is 0.319. The monoisotopic (exact) mass is 300 g/mol. The van der Waals surface area contributed by atoms with Crippen LogP contribution in [0.1, 0.15) is 13.8 Å². The molecule has 0 saturated heterocycles. The highest BCUT2D eigenvalue weighted by Crippen LogP contribution is 2.20. The third-order valence-electron chi connectivity index (χ3n) is 2.73. The zero-order valence-corrected chi connectivity index (χ0v) is 12.9. The van der Waals surface area contributed by atoms with E-state index in [0.29, 0.717) is 18.0 Å². The summed E-state index contributed by atoms with van der Waals surface area (Å²) in [5.41, 5.74) is 0.533. The Labute approximate surface area is 119 Å². The summed E-state index contributed by atoms with van der Waals surface area (Å²) in [7, 11) is -1.81.